The number of halogens is 5. The maximum absolute atomic E-state index is 13.9. The summed E-state index contributed by atoms with van der Waals surface area (Å²) < 4.78 is 63.1. The van der Waals surface area contributed by atoms with E-state index in [0.29, 0.717) is 52.1 Å². The van der Waals surface area contributed by atoms with Crippen LogP contribution in [0.3, 0.4) is 0 Å². The Bertz CT molecular complexity index is 1780. The van der Waals surface area contributed by atoms with Crippen LogP contribution in [0.4, 0.5) is 17.6 Å². The molecular weight excluding hydrogens is 544 g/mol. The second-order valence-corrected chi connectivity index (χ2v) is 10.0. The highest BCUT2D eigenvalue weighted by Gasteiger charge is 2.34. The highest BCUT2D eigenvalue weighted by atomic mass is 35.5. The lowest BCUT2D eigenvalue weighted by molar-refractivity contribution is -0.136. The lowest BCUT2D eigenvalue weighted by Gasteiger charge is -2.18. The van der Waals surface area contributed by atoms with Crippen LogP contribution in [0.15, 0.2) is 78.9 Å². The van der Waals surface area contributed by atoms with Crippen LogP contribution in [0, 0.1) is 5.82 Å². The first-order valence-electron chi connectivity index (χ1n) is 12.6. The van der Waals surface area contributed by atoms with Gasteiger partial charge in [0, 0.05) is 33.5 Å². The molecule has 4 aromatic carbocycles. The molecule has 0 saturated heterocycles. The van der Waals surface area contributed by atoms with Crippen molar-refractivity contribution < 1.29 is 27.1 Å². The van der Waals surface area contributed by atoms with E-state index in [2.05, 4.69) is 5.10 Å². The van der Waals surface area contributed by atoms with Crippen molar-refractivity contribution in [1.29, 1.82) is 0 Å². The van der Waals surface area contributed by atoms with E-state index in [1.807, 2.05) is 0 Å². The number of benzene rings is 4. The van der Waals surface area contributed by atoms with E-state index < -0.39 is 17.6 Å². The fraction of sp³-hybridized carbons (Fsp3) is 0.161. The van der Waals surface area contributed by atoms with Gasteiger partial charge in [-0.3, -0.25) is 9.48 Å². The van der Waals surface area contributed by atoms with Gasteiger partial charge in [0.05, 0.1) is 17.8 Å². The highest BCUT2D eigenvalue weighted by molar-refractivity contribution is 6.31. The van der Waals surface area contributed by atoms with Gasteiger partial charge in [0.1, 0.15) is 22.8 Å². The van der Waals surface area contributed by atoms with Crippen LogP contribution in [0.2, 0.25) is 5.02 Å². The van der Waals surface area contributed by atoms with Crippen molar-refractivity contribution in [2.24, 2.45) is 0 Å². The van der Waals surface area contributed by atoms with Crippen molar-refractivity contribution in [2.75, 3.05) is 0 Å². The fourth-order valence-electron chi connectivity index (χ4n) is 5.19. The third-order valence-corrected chi connectivity index (χ3v) is 7.36. The molecule has 0 spiro atoms. The summed E-state index contributed by atoms with van der Waals surface area (Å²) in [5.74, 6) is 0.583. The summed E-state index contributed by atoms with van der Waals surface area (Å²) >= 11 is 6.26. The molecule has 202 valence electrons. The molecule has 0 unspecified atom stereocenters. The Morgan fingerprint density at radius 2 is 1.75 bits per heavy atom. The molecule has 0 N–H and O–H groups in total. The predicted molar refractivity (Wildman–Crippen MR) is 144 cm³/mol. The number of aromatic nitrogens is 2. The summed E-state index contributed by atoms with van der Waals surface area (Å²) in [5, 5.41) is 4.80. The standard InChI is InChI=1S/C31H21ClF4N2O2/c32-26-16-20(33)14-13-19(26)17-38-30(24-9-2-10-25(29(24)37-38)31(34,35)36)18-5-1-6-21(15-18)40-28-12-4-7-22-23(28)8-3-11-27(22)39/h1-2,4-7,9-10,12-16H,3,8,11,17H2. The fourth-order valence-corrected chi connectivity index (χ4v) is 5.41. The van der Waals surface area contributed by atoms with Gasteiger partial charge in [0.15, 0.2) is 5.78 Å². The Morgan fingerprint density at radius 1 is 0.950 bits per heavy atom. The molecule has 0 saturated carbocycles. The molecule has 0 amide bonds. The Morgan fingerprint density at radius 3 is 2.55 bits per heavy atom. The van der Waals surface area contributed by atoms with Crippen LogP contribution >= 0.6 is 11.6 Å². The monoisotopic (exact) mass is 564 g/mol. The zero-order valence-electron chi connectivity index (χ0n) is 20.9. The number of carbonyl (C=O) groups is 1. The average molecular weight is 565 g/mol. The Kier molecular flexibility index (Phi) is 6.58. The van der Waals surface area contributed by atoms with Crippen molar-refractivity contribution >= 4 is 28.3 Å². The minimum absolute atomic E-state index is 0.0137. The van der Waals surface area contributed by atoms with Crippen LogP contribution in [-0.2, 0) is 19.1 Å². The third-order valence-electron chi connectivity index (χ3n) is 7.01. The number of ether oxygens (including phenoxy) is 1. The Hall–Kier alpha value is -4.17. The zero-order valence-corrected chi connectivity index (χ0v) is 21.7. The number of fused-ring (bicyclic) bond motifs is 2. The molecule has 0 aliphatic heterocycles. The van der Waals surface area contributed by atoms with Crippen LogP contribution < -0.4 is 4.74 Å². The van der Waals surface area contributed by atoms with Crippen LogP contribution in [0.25, 0.3) is 22.2 Å². The maximum atomic E-state index is 13.9. The first-order chi connectivity index (χ1) is 19.2. The quantitative estimate of drug-likeness (QED) is 0.200. The topological polar surface area (TPSA) is 44.1 Å². The molecule has 9 heteroatoms. The van der Waals surface area contributed by atoms with Gasteiger partial charge < -0.3 is 4.74 Å². The van der Waals surface area contributed by atoms with E-state index in [1.54, 1.807) is 48.5 Å². The van der Waals surface area contributed by atoms with Crippen LogP contribution in [0.1, 0.15) is 39.9 Å². The molecule has 5 aromatic rings. The SMILES string of the molecule is O=C1CCCc2c(Oc3cccc(-c4c5cccc(C(F)(F)F)c5nn4Cc4ccc(F)cc4Cl)c3)cccc21. The van der Waals surface area contributed by atoms with E-state index in [9.17, 15) is 22.4 Å². The number of alkyl halides is 3. The molecule has 0 radical (unpaired) electrons. The van der Waals surface area contributed by atoms with Crippen LogP contribution in [-0.4, -0.2) is 15.6 Å². The summed E-state index contributed by atoms with van der Waals surface area (Å²) in [6, 6.07) is 20.1. The highest BCUT2D eigenvalue weighted by Crippen LogP contribution is 2.40. The lowest BCUT2D eigenvalue weighted by atomic mass is 9.90. The third kappa shape index (κ3) is 4.84. The molecule has 1 aliphatic carbocycles. The van der Waals surface area contributed by atoms with Crippen LogP contribution in [0.5, 0.6) is 11.5 Å². The van der Waals surface area contributed by atoms with Gasteiger partial charge in [-0.05, 0) is 54.8 Å². The largest absolute Gasteiger partial charge is 0.457 e. The van der Waals surface area contributed by atoms with Gasteiger partial charge in [-0.25, -0.2) is 4.39 Å². The number of ketones is 1. The summed E-state index contributed by atoms with van der Waals surface area (Å²) in [5.41, 5.74) is 1.93. The van der Waals surface area contributed by atoms with E-state index >= 15 is 0 Å². The number of nitrogens with zero attached hydrogens (tertiary/aromatic N) is 2. The predicted octanol–water partition coefficient (Wildman–Crippen LogP) is 8.87. The van der Waals surface area contributed by atoms with Gasteiger partial charge in [-0.15, -0.1) is 0 Å². The minimum atomic E-state index is -4.61. The maximum Gasteiger partial charge on any atom is 0.418 e. The Labute approximate surface area is 231 Å². The smallest absolute Gasteiger partial charge is 0.418 e. The summed E-state index contributed by atoms with van der Waals surface area (Å²) in [4.78, 5) is 12.4. The van der Waals surface area contributed by atoms with Gasteiger partial charge in [0.25, 0.3) is 0 Å². The van der Waals surface area contributed by atoms with Gasteiger partial charge in [-0.1, -0.05) is 54.1 Å². The first kappa shape index (κ1) is 26.1. The molecule has 6 rings (SSSR count). The van der Waals surface area contributed by atoms with Crippen molar-refractivity contribution in [3.8, 4) is 22.8 Å². The molecular formula is C31H21ClF4N2O2. The number of hydrogen-bond donors (Lipinski definition) is 0. The molecule has 4 nitrogen and oxygen atoms in total. The second kappa shape index (κ2) is 10.1. The lowest BCUT2D eigenvalue weighted by Crippen LogP contribution is -2.11. The minimum Gasteiger partial charge on any atom is -0.457 e. The molecule has 1 heterocycles. The molecule has 0 bridgehead atoms. The van der Waals surface area contributed by atoms with Crippen molar-refractivity contribution in [3.05, 3.63) is 112 Å². The van der Waals surface area contributed by atoms with Crippen molar-refractivity contribution in [1.82, 2.24) is 9.78 Å². The summed E-state index contributed by atoms with van der Waals surface area (Å²) in [6.07, 6.45) is -2.66. The molecule has 1 aromatic heterocycles. The van der Waals surface area contributed by atoms with E-state index in [1.165, 1.54) is 22.9 Å². The summed E-state index contributed by atoms with van der Waals surface area (Å²) in [6.45, 7) is 0.0137. The molecule has 0 atom stereocenters. The van der Waals surface area contributed by atoms with Gasteiger partial charge in [-0.2, -0.15) is 18.3 Å². The van der Waals surface area contributed by atoms with Gasteiger partial charge >= 0.3 is 6.18 Å². The van der Waals surface area contributed by atoms with Crippen molar-refractivity contribution in [3.63, 3.8) is 0 Å². The van der Waals surface area contributed by atoms with E-state index in [0.717, 1.165) is 24.1 Å². The number of hydrogen-bond acceptors (Lipinski definition) is 3. The number of rotatable bonds is 5. The summed E-state index contributed by atoms with van der Waals surface area (Å²) in [7, 11) is 0. The number of carbonyl (C=O) groups excluding carboxylic acids is 1. The molecule has 0 fully saturated rings. The zero-order chi connectivity index (χ0) is 28.0. The van der Waals surface area contributed by atoms with Crippen molar-refractivity contribution in [2.45, 2.75) is 32.0 Å². The Balaban J connectivity index is 1.47. The molecule has 1 aliphatic rings. The number of Topliss-reactive ketones (excluding diaryl/α,β-unsaturated/α-hetero) is 1. The van der Waals surface area contributed by atoms with Gasteiger partial charge in [0.2, 0.25) is 0 Å². The normalized spacial score (nSPS) is 13.5. The first-order valence-corrected chi connectivity index (χ1v) is 13.0. The average Bonchev–Trinajstić information content (AvgIpc) is 3.28. The van der Waals surface area contributed by atoms with E-state index in [4.69, 9.17) is 16.3 Å². The van der Waals surface area contributed by atoms with E-state index in [-0.39, 0.29) is 22.9 Å². The second-order valence-electron chi connectivity index (χ2n) is 9.63. The molecule has 40 heavy (non-hydrogen) atoms.